The van der Waals surface area contributed by atoms with E-state index in [2.05, 4.69) is 0 Å². The number of Topliss-reactive ketones (excluding diaryl/α,β-unsaturated/α-hetero) is 1. The molecule has 0 bridgehead atoms. The van der Waals surface area contributed by atoms with Gasteiger partial charge < -0.3 is 5.11 Å². The minimum atomic E-state index is -1.58. The maximum atomic E-state index is 13.0. The molecule has 14 heavy (non-hydrogen) atoms. The molecule has 0 saturated carbocycles. The van der Waals surface area contributed by atoms with Crippen LogP contribution in [0.4, 0.5) is 4.39 Å². The number of benzene rings is 1. The van der Waals surface area contributed by atoms with Gasteiger partial charge in [0.1, 0.15) is 5.82 Å². The van der Waals surface area contributed by atoms with Gasteiger partial charge in [0.15, 0.2) is 0 Å². The Hall–Kier alpha value is -1.42. The van der Waals surface area contributed by atoms with Crippen LogP contribution in [-0.4, -0.2) is 16.9 Å². The third-order valence-corrected chi connectivity index (χ3v) is 1.83. The van der Waals surface area contributed by atoms with Gasteiger partial charge in [0.2, 0.25) is 5.78 Å². The van der Waals surface area contributed by atoms with E-state index in [4.69, 9.17) is 16.7 Å². The molecule has 0 amide bonds. The summed E-state index contributed by atoms with van der Waals surface area (Å²) < 4.78 is 13.0. The average Bonchev–Trinajstić information content (AvgIpc) is 2.11. The Balaban J connectivity index is 2.91. The van der Waals surface area contributed by atoms with Gasteiger partial charge in [-0.1, -0.05) is 11.6 Å². The van der Waals surface area contributed by atoms with Gasteiger partial charge in [-0.2, -0.15) is 0 Å². The van der Waals surface area contributed by atoms with Crippen molar-refractivity contribution < 1.29 is 19.1 Å². The second-order valence-electron chi connectivity index (χ2n) is 2.64. The largest absolute Gasteiger partial charge is 0.475 e. The van der Waals surface area contributed by atoms with Crippen LogP contribution in [0.2, 0.25) is 5.02 Å². The van der Waals surface area contributed by atoms with Crippen LogP contribution in [0, 0.1) is 5.82 Å². The van der Waals surface area contributed by atoms with Crippen LogP contribution in [0.5, 0.6) is 0 Å². The second-order valence-corrected chi connectivity index (χ2v) is 3.08. The van der Waals surface area contributed by atoms with Gasteiger partial charge >= 0.3 is 5.97 Å². The molecule has 0 radical (unpaired) electrons. The summed E-state index contributed by atoms with van der Waals surface area (Å²) in [6, 6.07) is 3.65. The Morgan fingerprint density at radius 1 is 1.43 bits per heavy atom. The Labute approximate surface area is 84.1 Å². The van der Waals surface area contributed by atoms with Crippen molar-refractivity contribution in [3.8, 4) is 0 Å². The lowest BCUT2D eigenvalue weighted by Gasteiger charge is -2.00. The minimum Gasteiger partial charge on any atom is -0.475 e. The third-order valence-electron chi connectivity index (χ3n) is 1.60. The zero-order valence-electron chi connectivity index (χ0n) is 6.96. The molecule has 1 aromatic carbocycles. The molecule has 5 heteroatoms. The topological polar surface area (TPSA) is 54.4 Å². The van der Waals surface area contributed by atoms with Gasteiger partial charge in [-0.25, -0.2) is 9.18 Å². The number of carboxylic acid groups (broad SMARTS) is 1. The number of rotatable bonds is 3. The summed E-state index contributed by atoms with van der Waals surface area (Å²) in [5.41, 5.74) is -0.00935. The normalized spacial score (nSPS) is 9.86. The van der Waals surface area contributed by atoms with E-state index in [-0.39, 0.29) is 10.6 Å². The molecule has 0 aliphatic heterocycles. The molecule has 0 unspecified atom stereocenters. The van der Waals surface area contributed by atoms with Crippen molar-refractivity contribution in [1.82, 2.24) is 0 Å². The molecule has 0 atom stereocenters. The van der Waals surface area contributed by atoms with E-state index >= 15 is 0 Å². The summed E-state index contributed by atoms with van der Waals surface area (Å²) in [7, 11) is 0. The minimum absolute atomic E-state index is 0.00935. The fourth-order valence-corrected chi connectivity index (χ4v) is 1.12. The van der Waals surface area contributed by atoms with E-state index in [1.54, 1.807) is 0 Å². The average molecular weight is 217 g/mol. The molecule has 0 aliphatic rings. The van der Waals surface area contributed by atoms with Crippen molar-refractivity contribution in [3.63, 3.8) is 0 Å². The molecule has 0 heterocycles. The Kier molecular flexibility index (Phi) is 3.19. The third kappa shape index (κ3) is 2.53. The Bertz CT molecular complexity index is 390. The van der Waals surface area contributed by atoms with E-state index in [9.17, 15) is 14.0 Å². The quantitative estimate of drug-likeness (QED) is 0.782. The molecule has 1 N–H and O–H groups in total. The molecule has 0 spiro atoms. The number of hydrogen-bond donors (Lipinski definition) is 1. The number of hydrogen-bond acceptors (Lipinski definition) is 2. The molecule has 0 fully saturated rings. The first-order valence-electron chi connectivity index (χ1n) is 3.70. The summed E-state index contributed by atoms with van der Waals surface area (Å²) in [5, 5.41) is 8.56. The van der Waals surface area contributed by atoms with Crippen LogP contribution in [-0.2, 0) is 16.0 Å². The maximum absolute atomic E-state index is 13.0. The van der Waals surface area contributed by atoms with Crippen LogP contribution >= 0.6 is 11.6 Å². The first kappa shape index (κ1) is 10.7. The van der Waals surface area contributed by atoms with Gasteiger partial charge in [-0.3, -0.25) is 4.79 Å². The Morgan fingerprint density at radius 3 is 2.64 bits per heavy atom. The van der Waals surface area contributed by atoms with Gasteiger partial charge in [0.25, 0.3) is 0 Å². The predicted octanol–water partition coefficient (Wildman–Crippen LogP) is 1.68. The zero-order valence-corrected chi connectivity index (χ0v) is 7.71. The fraction of sp³-hybridized carbons (Fsp3) is 0.111. The van der Waals surface area contributed by atoms with Crippen molar-refractivity contribution in [3.05, 3.63) is 34.6 Å². The summed E-state index contributed by atoms with van der Waals surface area (Å²) in [6.07, 6.45) is -0.484. The first-order chi connectivity index (χ1) is 6.50. The van der Waals surface area contributed by atoms with Gasteiger partial charge in [0.05, 0.1) is 0 Å². The maximum Gasteiger partial charge on any atom is 0.372 e. The summed E-state index contributed by atoms with van der Waals surface area (Å²) in [4.78, 5) is 21.0. The second kappa shape index (κ2) is 4.19. The molecule has 1 aromatic rings. The van der Waals surface area contributed by atoms with Crippen molar-refractivity contribution in [1.29, 1.82) is 0 Å². The van der Waals surface area contributed by atoms with Crippen molar-refractivity contribution in [2.75, 3.05) is 0 Å². The SMILES string of the molecule is O=C(O)C(=O)Cc1cc(Cl)ccc1F. The fourth-order valence-electron chi connectivity index (χ4n) is 0.927. The standard InChI is InChI=1S/C9H6ClFO3/c10-6-1-2-7(11)5(3-6)4-8(12)9(13)14/h1-3H,4H2,(H,13,14). The number of halogens is 2. The van der Waals surface area contributed by atoms with Crippen LogP contribution in [0.25, 0.3) is 0 Å². The molecule has 0 aromatic heterocycles. The summed E-state index contributed by atoms with van der Waals surface area (Å²) in [5.74, 6) is -3.28. The first-order valence-corrected chi connectivity index (χ1v) is 4.08. The lowest BCUT2D eigenvalue weighted by Crippen LogP contribution is -2.15. The van der Waals surface area contributed by atoms with Crippen molar-refractivity contribution in [2.24, 2.45) is 0 Å². The molecular weight excluding hydrogens is 211 g/mol. The molecule has 74 valence electrons. The van der Waals surface area contributed by atoms with Crippen LogP contribution in [0.1, 0.15) is 5.56 Å². The molecule has 0 aliphatic carbocycles. The molecule has 0 saturated heterocycles. The van der Waals surface area contributed by atoms with Crippen LogP contribution in [0.3, 0.4) is 0 Å². The van der Waals surface area contributed by atoms with E-state index in [0.717, 1.165) is 6.07 Å². The van der Waals surface area contributed by atoms with Crippen LogP contribution in [0.15, 0.2) is 18.2 Å². The van der Waals surface area contributed by atoms with E-state index in [1.165, 1.54) is 12.1 Å². The van der Waals surface area contributed by atoms with Gasteiger partial charge in [-0.05, 0) is 23.8 Å². The van der Waals surface area contributed by atoms with Crippen LogP contribution < -0.4 is 0 Å². The number of aliphatic carboxylic acids is 1. The number of ketones is 1. The molecule has 3 nitrogen and oxygen atoms in total. The smallest absolute Gasteiger partial charge is 0.372 e. The highest BCUT2D eigenvalue weighted by molar-refractivity contribution is 6.33. The number of carbonyl (C=O) groups is 2. The monoisotopic (exact) mass is 216 g/mol. The van der Waals surface area contributed by atoms with E-state index in [1.807, 2.05) is 0 Å². The predicted molar refractivity (Wildman–Crippen MR) is 47.8 cm³/mol. The summed E-state index contributed by atoms with van der Waals surface area (Å²) >= 11 is 5.55. The number of carboxylic acids is 1. The summed E-state index contributed by atoms with van der Waals surface area (Å²) in [6.45, 7) is 0. The lowest BCUT2D eigenvalue weighted by molar-refractivity contribution is -0.148. The number of carbonyl (C=O) groups excluding carboxylic acids is 1. The molecular formula is C9H6ClFO3. The van der Waals surface area contributed by atoms with Crippen molar-refractivity contribution >= 4 is 23.4 Å². The van der Waals surface area contributed by atoms with E-state index in [0.29, 0.717) is 0 Å². The van der Waals surface area contributed by atoms with Gasteiger partial charge in [-0.15, -0.1) is 0 Å². The van der Waals surface area contributed by atoms with Gasteiger partial charge in [0, 0.05) is 11.4 Å². The van der Waals surface area contributed by atoms with E-state index < -0.39 is 24.0 Å². The highest BCUT2D eigenvalue weighted by Gasteiger charge is 2.14. The highest BCUT2D eigenvalue weighted by atomic mass is 35.5. The highest BCUT2D eigenvalue weighted by Crippen LogP contribution is 2.15. The van der Waals surface area contributed by atoms with Crippen molar-refractivity contribution in [2.45, 2.75) is 6.42 Å². The molecule has 1 rings (SSSR count). The zero-order chi connectivity index (χ0) is 10.7. The Morgan fingerprint density at radius 2 is 2.07 bits per heavy atom. The lowest BCUT2D eigenvalue weighted by atomic mass is 10.1.